The van der Waals surface area contributed by atoms with Crippen molar-refractivity contribution in [3.63, 3.8) is 0 Å². The van der Waals surface area contributed by atoms with E-state index < -0.39 is 5.41 Å². The third-order valence-corrected chi connectivity index (χ3v) is 3.82. The van der Waals surface area contributed by atoms with Crippen molar-refractivity contribution in [2.75, 3.05) is 5.32 Å². The first-order chi connectivity index (χ1) is 8.48. The number of nitriles is 1. The maximum Gasteiger partial charge on any atom is 0.244 e. The minimum absolute atomic E-state index is 0.231. The van der Waals surface area contributed by atoms with Crippen molar-refractivity contribution in [2.24, 2.45) is 5.41 Å². The van der Waals surface area contributed by atoms with Crippen LogP contribution in [0, 0.1) is 30.6 Å². The van der Waals surface area contributed by atoms with Crippen molar-refractivity contribution in [1.29, 1.82) is 5.26 Å². The van der Waals surface area contributed by atoms with E-state index in [1.54, 1.807) is 0 Å². The van der Waals surface area contributed by atoms with Crippen molar-refractivity contribution in [3.05, 3.63) is 28.3 Å². The van der Waals surface area contributed by atoms with Crippen molar-refractivity contribution in [1.82, 2.24) is 0 Å². The van der Waals surface area contributed by atoms with Gasteiger partial charge in [0, 0.05) is 0 Å². The summed E-state index contributed by atoms with van der Waals surface area (Å²) in [5.74, 6) is -0.231. The Kier molecular flexibility index (Phi) is 3.32. The zero-order chi connectivity index (χ0) is 13.3. The van der Waals surface area contributed by atoms with E-state index in [1.807, 2.05) is 26.0 Å². The van der Waals surface area contributed by atoms with Gasteiger partial charge in [0.25, 0.3) is 0 Å². The van der Waals surface area contributed by atoms with E-state index in [9.17, 15) is 4.79 Å². The predicted octanol–water partition coefficient (Wildman–Crippen LogP) is 3.59. The molecule has 1 aromatic carbocycles. The normalized spacial score (nSPS) is 16.6. The number of hydrogen-bond donors (Lipinski definition) is 1. The molecule has 1 aliphatic carbocycles. The number of carbonyl (C=O) groups is 1. The second-order valence-corrected chi connectivity index (χ2v) is 5.35. The van der Waals surface area contributed by atoms with Crippen LogP contribution in [0.4, 0.5) is 5.69 Å². The van der Waals surface area contributed by atoms with Crippen LogP contribution < -0.4 is 5.32 Å². The molecule has 0 atom stereocenters. The lowest BCUT2D eigenvalue weighted by Gasteiger charge is -2.33. The third-order valence-electron chi connectivity index (χ3n) is 3.53. The summed E-state index contributed by atoms with van der Waals surface area (Å²) in [4.78, 5) is 12.1. The van der Waals surface area contributed by atoms with Crippen LogP contribution >= 0.6 is 11.6 Å². The van der Waals surface area contributed by atoms with Gasteiger partial charge in [0.05, 0.1) is 16.8 Å². The maximum absolute atomic E-state index is 12.1. The molecule has 0 heterocycles. The molecular formula is C14H15ClN2O. The Hall–Kier alpha value is -1.53. The molecule has 0 saturated heterocycles. The van der Waals surface area contributed by atoms with Crippen molar-refractivity contribution in [2.45, 2.75) is 33.1 Å². The Bertz CT molecular complexity index is 518. The van der Waals surface area contributed by atoms with Crippen molar-refractivity contribution in [3.8, 4) is 6.07 Å². The molecule has 1 fully saturated rings. The first kappa shape index (κ1) is 12.9. The Morgan fingerprint density at radius 2 is 2.11 bits per heavy atom. The molecule has 94 valence electrons. The summed E-state index contributed by atoms with van der Waals surface area (Å²) in [6, 6.07) is 5.90. The third kappa shape index (κ3) is 2.09. The molecule has 0 aliphatic heterocycles. The van der Waals surface area contributed by atoms with Gasteiger partial charge in [-0.3, -0.25) is 4.79 Å². The van der Waals surface area contributed by atoms with Crippen LogP contribution in [0.2, 0.25) is 5.02 Å². The van der Waals surface area contributed by atoms with Gasteiger partial charge in [-0.1, -0.05) is 17.7 Å². The van der Waals surface area contributed by atoms with Gasteiger partial charge in [-0.15, -0.1) is 0 Å². The SMILES string of the molecule is Cc1cc(C)c(NC(=O)C2(C#N)CCC2)c(Cl)c1. The van der Waals surface area contributed by atoms with Gasteiger partial charge in [0.1, 0.15) is 5.41 Å². The molecule has 3 nitrogen and oxygen atoms in total. The summed E-state index contributed by atoms with van der Waals surface area (Å²) in [5, 5.41) is 12.5. The van der Waals surface area contributed by atoms with Gasteiger partial charge in [-0.25, -0.2) is 0 Å². The van der Waals surface area contributed by atoms with Crippen molar-refractivity contribution >= 4 is 23.2 Å². The summed E-state index contributed by atoms with van der Waals surface area (Å²) in [7, 11) is 0. The second-order valence-electron chi connectivity index (χ2n) is 4.94. The number of amides is 1. The smallest absolute Gasteiger partial charge is 0.244 e. The second kappa shape index (κ2) is 4.62. The van der Waals surface area contributed by atoms with E-state index >= 15 is 0 Å². The van der Waals surface area contributed by atoms with Gasteiger partial charge >= 0.3 is 0 Å². The zero-order valence-electron chi connectivity index (χ0n) is 10.5. The predicted molar refractivity (Wildman–Crippen MR) is 71.5 cm³/mol. The first-order valence-corrected chi connectivity index (χ1v) is 6.36. The molecule has 2 rings (SSSR count). The molecular weight excluding hydrogens is 248 g/mol. The summed E-state index contributed by atoms with van der Waals surface area (Å²) >= 11 is 6.14. The fourth-order valence-corrected chi connectivity index (χ4v) is 2.60. The molecule has 1 amide bonds. The van der Waals surface area contributed by atoms with Gasteiger partial charge in [0.2, 0.25) is 5.91 Å². The summed E-state index contributed by atoms with van der Waals surface area (Å²) in [6.45, 7) is 3.85. The minimum Gasteiger partial charge on any atom is -0.323 e. The largest absolute Gasteiger partial charge is 0.323 e. The van der Waals surface area contributed by atoms with Crippen LogP contribution in [-0.2, 0) is 4.79 Å². The van der Waals surface area contributed by atoms with E-state index in [0.29, 0.717) is 23.6 Å². The lowest BCUT2D eigenvalue weighted by molar-refractivity contribution is -0.126. The standard InChI is InChI=1S/C14H15ClN2O/c1-9-6-10(2)12(11(15)7-9)17-13(18)14(8-16)4-3-5-14/h6-7H,3-5H2,1-2H3,(H,17,18). The topological polar surface area (TPSA) is 52.9 Å². The molecule has 1 saturated carbocycles. The molecule has 4 heteroatoms. The number of nitrogens with one attached hydrogen (secondary N) is 1. The summed E-state index contributed by atoms with van der Waals surface area (Å²) < 4.78 is 0. The fraction of sp³-hybridized carbons (Fsp3) is 0.429. The van der Waals surface area contributed by atoms with Crippen LogP contribution in [0.5, 0.6) is 0 Å². The highest BCUT2D eigenvalue weighted by molar-refractivity contribution is 6.34. The monoisotopic (exact) mass is 262 g/mol. The number of hydrogen-bond acceptors (Lipinski definition) is 2. The number of nitrogens with zero attached hydrogens (tertiary/aromatic N) is 1. The van der Waals surface area contributed by atoms with Crippen molar-refractivity contribution < 1.29 is 4.79 Å². The van der Waals surface area contributed by atoms with E-state index in [0.717, 1.165) is 17.5 Å². The van der Waals surface area contributed by atoms with Crippen LogP contribution in [-0.4, -0.2) is 5.91 Å². The molecule has 18 heavy (non-hydrogen) atoms. The Morgan fingerprint density at radius 1 is 1.44 bits per heavy atom. The number of halogens is 1. The highest BCUT2D eigenvalue weighted by Gasteiger charge is 2.44. The van der Waals surface area contributed by atoms with Gasteiger partial charge < -0.3 is 5.32 Å². The molecule has 1 N–H and O–H groups in total. The molecule has 1 aliphatic rings. The number of benzene rings is 1. The van der Waals surface area contributed by atoms with Gasteiger partial charge in [0.15, 0.2) is 0 Å². The molecule has 0 aromatic heterocycles. The van der Waals surface area contributed by atoms with E-state index in [1.165, 1.54) is 0 Å². The molecule has 0 bridgehead atoms. The average molecular weight is 263 g/mol. The Balaban J connectivity index is 2.25. The van der Waals surface area contributed by atoms with E-state index in [-0.39, 0.29) is 5.91 Å². The highest BCUT2D eigenvalue weighted by Crippen LogP contribution is 2.41. The summed E-state index contributed by atoms with van der Waals surface area (Å²) in [5.41, 5.74) is 1.74. The fourth-order valence-electron chi connectivity index (χ4n) is 2.23. The van der Waals surface area contributed by atoms with Gasteiger partial charge in [-0.2, -0.15) is 5.26 Å². The quantitative estimate of drug-likeness (QED) is 0.886. The van der Waals surface area contributed by atoms with Gasteiger partial charge in [-0.05, 0) is 50.3 Å². The molecule has 0 spiro atoms. The molecule has 1 aromatic rings. The van der Waals surface area contributed by atoms with Crippen LogP contribution in [0.15, 0.2) is 12.1 Å². The lowest BCUT2D eigenvalue weighted by Crippen LogP contribution is -2.40. The van der Waals surface area contributed by atoms with Crippen LogP contribution in [0.1, 0.15) is 30.4 Å². The number of anilines is 1. The van der Waals surface area contributed by atoms with Crippen LogP contribution in [0.3, 0.4) is 0 Å². The van der Waals surface area contributed by atoms with E-state index in [4.69, 9.17) is 16.9 Å². The zero-order valence-corrected chi connectivity index (χ0v) is 11.3. The Morgan fingerprint density at radius 3 is 2.56 bits per heavy atom. The minimum atomic E-state index is -0.847. The highest BCUT2D eigenvalue weighted by atomic mass is 35.5. The summed E-state index contributed by atoms with van der Waals surface area (Å²) in [6.07, 6.45) is 2.21. The molecule has 0 unspecified atom stereocenters. The number of carbonyl (C=O) groups excluding carboxylic acids is 1. The number of rotatable bonds is 2. The Labute approximate surface area is 112 Å². The lowest BCUT2D eigenvalue weighted by atomic mass is 9.69. The molecule has 0 radical (unpaired) electrons. The first-order valence-electron chi connectivity index (χ1n) is 5.98. The number of aryl methyl sites for hydroxylation is 2. The maximum atomic E-state index is 12.1. The average Bonchev–Trinajstić information content (AvgIpc) is 2.22. The van der Waals surface area contributed by atoms with E-state index in [2.05, 4.69) is 11.4 Å². The van der Waals surface area contributed by atoms with Crippen LogP contribution in [0.25, 0.3) is 0 Å².